The lowest BCUT2D eigenvalue weighted by atomic mass is 9.99. The Kier molecular flexibility index (Phi) is 14.7. The van der Waals surface area contributed by atoms with E-state index in [1.807, 2.05) is 0 Å². The minimum Gasteiger partial charge on any atom is -0.508 e. The Balaban J connectivity index is 2.30. The predicted molar refractivity (Wildman–Crippen MR) is 182 cm³/mol. The Bertz CT molecular complexity index is 1420. The number of carboxylic acids is 1. The minimum absolute atomic E-state index is 0.0193. The van der Waals surface area contributed by atoms with Crippen LogP contribution in [0.4, 0.5) is 8.78 Å². The Morgan fingerprint density at radius 3 is 1.69 bits per heavy atom. The van der Waals surface area contributed by atoms with Crippen LogP contribution in [-0.2, 0) is 36.8 Å². The lowest BCUT2D eigenvalue weighted by Gasteiger charge is -2.32. The summed E-state index contributed by atoms with van der Waals surface area (Å²) in [6, 6.07) is 6.93. The Morgan fingerprint density at radius 2 is 1.19 bits per heavy atom. The molecule has 0 saturated heterocycles. The van der Waals surface area contributed by atoms with Crippen molar-refractivity contribution >= 4 is 54.9 Å². The number of hydrogen-bond donors (Lipinski definition) is 9. The molecule has 4 amide bonds. The van der Waals surface area contributed by atoms with Gasteiger partial charge in [-0.2, -0.15) is 25.3 Å². The molecule has 0 aliphatic rings. The Morgan fingerprint density at radius 1 is 0.708 bits per heavy atom. The predicted octanol–water partition coefficient (Wildman–Crippen LogP) is 1.60. The molecule has 0 aliphatic carbocycles. The van der Waals surface area contributed by atoms with Crippen LogP contribution in [0.3, 0.4) is 0 Å². The van der Waals surface area contributed by atoms with Gasteiger partial charge in [-0.25, -0.2) is 13.6 Å². The van der Waals surface area contributed by atoms with Crippen molar-refractivity contribution in [1.29, 1.82) is 0 Å². The number of thiol groups is 2. The number of aromatic hydroxyl groups is 1. The zero-order valence-electron chi connectivity index (χ0n) is 26.9. The minimum atomic E-state index is -3.07. The van der Waals surface area contributed by atoms with E-state index in [0.29, 0.717) is 11.1 Å². The van der Waals surface area contributed by atoms with Crippen molar-refractivity contribution in [2.24, 2.45) is 5.73 Å². The summed E-state index contributed by atoms with van der Waals surface area (Å²) < 4.78 is 24.9. The zero-order chi connectivity index (χ0) is 36.4. The van der Waals surface area contributed by atoms with Crippen molar-refractivity contribution in [1.82, 2.24) is 21.3 Å². The number of nitrogens with two attached hydrogens (primary N) is 1. The van der Waals surface area contributed by atoms with Crippen LogP contribution in [0.2, 0.25) is 0 Å². The maximum Gasteiger partial charge on any atom is 0.327 e. The third-order valence-electron chi connectivity index (χ3n) is 7.19. The van der Waals surface area contributed by atoms with Crippen molar-refractivity contribution in [3.8, 4) is 5.75 Å². The Hall–Kier alpha value is -3.89. The first-order valence-electron chi connectivity index (χ1n) is 14.9. The van der Waals surface area contributed by atoms with Crippen molar-refractivity contribution in [2.45, 2.75) is 93.1 Å². The van der Waals surface area contributed by atoms with Gasteiger partial charge in [-0.05, 0) is 57.4 Å². The van der Waals surface area contributed by atoms with Crippen LogP contribution >= 0.6 is 25.3 Å². The van der Waals surface area contributed by atoms with E-state index < -0.39 is 82.1 Å². The fourth-order valence-corrected chi connectivity index (χ4v) is 4.93. The highest BCUT2D eigenvalue weighted by molar-refractivity contribution is 7.82. The number of nitrogens with one attached hydrogen (secondary N) is 4. The normalized spacial score (nSPS) is 15.0. The second-order valence-electron chi connectivity index (χ2n) is 12.4. The average molecular weight is 712 g/mol. The number of phenols is 1. The number of hydrogen-bond acceptors (Lipinski definition) is 9. The lowest BCUT2D eigenvalue weighted by Crippen LogP contribution is -2.62. The third kappa shape index (κ3) is 13.0. The van der Waals surface area contributed by atoms with E-state index in [0.717, 1.165) is 0 Å². The molecular formula is C32H43F2N5O7S2. The van der Waals surface area contributed by atoms with E-state index in [4.69, 9.17) is 5.73 Å². The Labute approximate surface area is 288 Å². The van der Waals surface area contributed by atoms with Gasteiger partial charge in [0.05, 0.1) is 6.04 Å². The smallest absolute Gasteiger partial charge is 0.327 e. The molecule has 12 nitrogen and oxygen atoms in total. The molecule has 0 saturated carbocycles. The maximum absolute atomic E-state index is 13.7. The van der Waals surface area contributed by atoms with Gasteiger partial charge in [0.2, 0.25) is 30.1 Å². The molecule has 2 aromatic rings. The van der Waals surface area contributed by atoms with Gasteiger partial charge in [-0.3, -0.25) is 19.2 Å². The summed E-state index contributed by atoms with van der Waals surface area (Å²) >= 11 is 8.64. The first-order valence-corrected chi connectivity index (χ1v) is 15.8. The molecule has 0 spiro atoms. The van der Waals surface area contributed by atoms with Crippen LogP contribution in [0.25, 0.3) is 0 Å². The molecule has 0 radical (unpaired) electrons. The number of carbonyl (C=O) groups is 5. The molecule has 0 bridgehead atoms. The maximum atomic E-state index is 13.7. The van der Waals surface area contributed by atoms with Gasteiger partial charge in [-0.1, -0.05) is 42.5 Å². The molecule has 0 unspecified atom stereocenters. The molecule has 16 heteroatoms. The highest BCUT2D eigenvalue weighted by atomic mass is 32.1. The third-order valence-corrected chi connectivity index (χ3v) is 7.70. The number of aliphatic carboxylic acids is 1. The van der Waals surface area contributed by atoms with E-state index in [-0.39, 0.29) is 18.6 Å². The first kappa shape index (κ1) is 40.3. The fourth-order valence-electron chi connectivity index (χ4n) is 4.57. The number of benzene rings is 2. The summed E-state index contributed by atoms with van der Waals surface area (Å²) in [5, 5.41) is 28.6. The quantitative estimate of drug-likeness (QED) is 0.110. The topological polar surface area (TPSA) is 200 Å². The van der Waals surface area contributed by atoms with Gasteiger partial charge in [0.15, 0.2) is 0 Å². The van der Waals surface area contributed by atoms with E-state index >= 15 is 0 Å². The summed E-state index contributed by atoms with van der Waals surface area (Å²) in [5.41, 5.74) is 7.23. The van der Waals surface area contributed by atoms with Gasteiger partial charge in [0.25, 0.3) is 0 Å². The van der Waals surface area contributed by atoms with E-state index in [1.54, 1.807) is 42.5 Å². The molecule has 0 aromatic heterocycles. The summed E-state index contributed by atoms with van der Waals surface area (Å²) in [4.78, 5) is 65.1. The summed E-state index contributed by atoms with van der Waals surface area (Å²) in [6.07, 6.45) is -4.32. The van der Waals surface area contributed by atoms with Crippen LogP contribution in [-0.4, -0.2) is 85.9 Å². The number of phenolic OH excluding ortho intramolecular Hbond substituents is 1. The van der Waals surface area contributed by atoms with Gasteiger partial charge in [0.1, 0.15) is 29.9 Å². The van der Waals surface area contributed by atoms with Crippen molar-refractivity contribution in [3.05, 3.63) is 65.7 Å². The van der Waals surface area contributed by atoms with Crippen molar-refractivity contribution in [3.63, 3.8) is 0 Å². The highest BCUT2D eigenvalue weighted by Crippen LogP contribution is 2.20. The van der Waals surface area contributed by atoms with Gasteiger partial charge in [-0.15, -0.1) is 0 Å². The highest BCUT2D eigenvalue weighted by Gasteiger charge is 2.39. The number of carboxylic acid groups (broad SMARTS) is 1. The largest absolute Gasteiger partial charge is 0.508 e. The fraction of sp³-hybridized carbons (Fsp3) is 0.469. The summed E-state index contributed by atoms with van der Waals surface area (Å²) in [5.74, 6) is -5.23. The first-order chi connectivity index (χ1) is 22.2. The second-order valence-corrected chi connectivity index (χ2v) is 14.7. The SMILES string of the molecule is CC(C)(S)[C@@H](NC(=O)[C@H](Cc1ccccc1)NC(=O)[C@H](CC(F)F)NC(=O)[C@H](NC(=O)[C@@H](N)Cc1ccc(O)cc1)C(C)(C)S)C(=O)O. The van der Waals surface area contributed by atoms with Gasteiger partial charge in [0, 0.05) is 22.3 Å². The molecular weight excluding hydrogens is 669 g/mol. The zero-order valence-corrected chi connectivity index (χ0v) is 28.7. The summed E-state index contributed by atoms with van der Waals surface area (Å²) in [6.45, 7) is 5.89. The molecule has 2 aromatic carbocycles. The number of amides is 4. The van der Waals surface area contributed by atoms with Crippen LogP contribution in [0.5, 0.6) is 5.75 Å². The van der Waals surface area contributed by atoms with Gasteiger partial charge < -0.3 is 37.2 Å². The standard InChI is InChI=1S/C32H43F2N5O7S2/c1-31(2,47)24(38-26(41)20(35)14-18-10-12-19(40)13-11-18)29(44)37-22(16-23(33)34)27(42)36-21(15-17-8-6-5-7-9-17)28(43)39-25(30(45)46)32(3,4)48/h5-13,20-25,40,47-48H,14-16,35H2,1-4H3,(H,36,42)(H,37,44)(H,38,41)(H,39,43)(H,45,46)/t20-,21-,22-,24-,25-/m0/s1. The molecule has 0 heterocycles. The lowest BCUT2D eigenvalue weighted by molar-refractivity contribution is -0.143. The van der Waals surface area contributed by atoms with Crippen LogP contribution in [0.15, 0.2) is 54.6 Å². The molecule has 8 N–H and O–H groups in total. The van der Waals surface area contributed by atoms with Crippen molar-refractivity contribution < 1.29 is 43.0 Å². The van der Waals surface area contributed by atoms with Crippen LogP contribution in [0, 0.1) is 0 Å². The summed E-state index contributed by atoms with van der Waals surface area (Å²) in [7, 11) is 0. The number of carbonyl (C=O) groups excluding carboxylic acids is 4. The van der Waals surface area contributed by atoms with E-state index in [1.165, 1.54) is 39.8 Å². The van der Waals surface area contributed by atoms with Crippen LogP contribution < -0.4 is 27.0 Å². The molecule has 2 rings (SSSR count). The molecule has 0 fully saturated rings. The molecule has 0 aliphatic heterocycles. The number of alkyl halides is 2. The van der Waals surface area contributed by atoms with Crippen LogP contribution in [0.1, 0.15) is 45.2 Å². The second kappa shape index (κ2) is 17.5. The molecule has 48 heavy (non-hydrogen) atoms. The molecule has 264 valence electrons. The average Bonchev–Trinajstić information content (AvgIpc) is 2.97. The monoisotopic (exact) mass is 711 g/mol. The van der Waals surface area contributed by atoms with E-state index in [2.05, 4.69) is 46.5 Å². The number of rotatable bonds is 17. The molecule has 5 atom stereocenters. The van der Waals surface area contributed by atoms with Gasteiger partial charge >= 0.3 is 5.97 Å². The number of halogens is 2. The van der Waals surface area contributed by atoms with E-state index in [9.17, 15) is 43.0 Å². The van der Waals surface area contributed by atoms with Crippen molar-refractivity contribution in [2.75, 3.05) is 0 Å².